The summed E-state index contributed by atoms with van der Waals surface area (Å²) in [5.74, 6) is 0.0533. The molecule has 7 heteroatoms. The van der Waals surface area contributed by atoms with Crippen molar-refractivity contribution >= 4 is 18.0 Å². The van der Waals surface area contributed by atoms with E-state index in [9.17, 15) is 9.59 Å². The molecule has 1 fully saturated rings. The molecule has 0 spiro atoms. The maximum absolute atomic E-state index is 12.9. The molecule has 1 aliphatic heterocycles. The second-order valence-electron chi connectivity index (χ2n) is 6.95. The molecule has 7 nitrogen and oxygen atoms in total. The predicted octanol–water partition coefficient (Wildman–Crippen LogP) is 3.52. The fourth-order valence-electron chi connectivity index (χ4n) is 3.33. The van der Waals surface area contributed by atoms with Crippen LogP contribution in [-0.2, 0) is 14.3 Å². The summed E-state index contributed by atoms with van der Waals surface area (Å²) in [6.07, 6.45) is 3.78. The van der Waals surface area contributed by atoms with Gasteiger partial charge in [-0.2, -0.15) is 5.26 Å². The van der Waals surface area contributed by atoms with E-state index in [0.717, 1.165) is 12.8 Å². The molecule has 31 heavy (non-hydrogen) atoms. The smallest absolute Gasteiger partial charge is 0.331 e. The Labute approximate surface area is 181 Å². The number of nitrogens with zero attached hydrogens (tertiary/aromatic N) is 2. The number of carbonyl (C=O) groups excluding carboxylic acids is 2. The molecule has 160 valence electrons. The number of hydrogen-bond acceptors (Lipinski definition) is 6. The van der Waals surface area contributed by atoms with Crippen LogP contribution in [0.15, 0.2) is 54.6 Å². The first-order chi connectivity index (χ1) is 15.1. The minimum atomic E-state index is -0.979. The first-order valence-electron chi connectivity index (χ1n) is 10.0. The zero-order chi connectivity index (χ0) is 22.1. The summed E-state index contributed by atoms with van der Waals surface area (Å²) in [5, 5.41) is 8.65. The van der Waals surface area contributed by atoms with Gasteiger partial charge < -0.3 is 19.1 Å². The number of ether oxygens (including phenoxy) is 3. The van der Waals surface area contributed by atoms with E-state index >= 15 is 0 Å². The van der Waals surface area contributed by atoms with Crippen LogP contribution in [0.3, 0.4) is 0 Å². The molecule has 0 aromatic heterocycles. The molecule has 2 aromatic carbocycles. The summed E-state index contributed by atoms with van der Waals surface area (Å²) in [6, 6.07) is 16.0. The molecule has 2 aromatic rings. The van der Waals surface area contributed by atoms with Gasteiger partial charge in [-0.25, -0.2) is 4.79 Å². The molecule has 0 unspecified atom stereocenters. The van der Waals surface area contributed by atoms with E-state index in [1.54, 1.807) is 41.3 Å². The van der Waals surface area contributed by atoms with Crippen molar-refractivity contribution in [1.82, 2.24) is 4.90 Å². The second kappa shape index (κ2) is 10.8. The van der Waals surface area contributed by atoms with Crippen molar-refractivity contribution in [2.24, 2.45) is 0 Å². The van der Waals surface area contributed by atoms with Gasteiger partial charge in [-0.1, -0.05) is 36.4 Å². The van der Waals surface area contributed by atoms with Gasteiger partial charge in [0.2, 0.25) is 6.10 Å². The number of amides is 1. The zero-order valence-electron chi connectivity index (χ0n) is 17.3. The Morgan fingerprint density at radius 1 is 1.13 bits per heavy atom. The summed E-state index contributed by atoms with van der Waals surface area (Å²) < 4.78 is 16.1. The number of likely N-dealkylation sites (tertiary alicyclic amines) is 1. The average Bonchev–Trinajstić information content (AvgIpc) is 3.35. The van der Waals surface area contributed by atoms with Gasteiger partial charge in [-0.15, -0.1) is 0 Å². The van der Waals surface area contributed by atoms with Crippen LogP contribution in [-0.4, -0.2) is 43.6 Å². The largest absolute Gasteiger partial charge is 0.493 e. The molecular formula is C24H24N2O5. The lowest BCUT2D eigenvalue weighted by Crippen LogP contribution is -2.34. The molecule has 3 rings (SSSR count). The van der Waals surface area contributed by atoms with Gasteiger partial charge in [0.1, 0.15) is 6.07 Å². The van der Waals surface area contributed by atoms with Gasteiger partial charge in [-0.05, 0) is 36.6 Å². The van der Waals surface area contributed by atoms with Crippen molar-refractivity contribution in [3.63, 3.8) is 0 Å². The highest BCUT2D eigenvalue weighted by Crippen LogP contribution is 2.29. The van der Waals surface area contributed by atoms with Crippen LogP contribution in [0.2, 0.25) is 0 Å². The van der Waals surface area contributed by atoms with Crippen LogP contribution >= 0.6 is 0 Å². The number of methoxy groups -OCH3 is 1. The number of rotatable bonds is 8. The second-order valence-corrected chi connectivity index (χ2v) is 6.95. The van der Waals surface area contributed by atoms with Crippen LogP contribution in [0.5, 0.6) is 11.5 Å². The van der Waals surface area contributed by atoms with Crippen LogP contribution in [0.1, 0.15) is 30.1 Å². The Morgan fingerprint density at radius 3 is 2.55 bits per heavy atom. The van der Waals surface area contributed by atoms with Gasteiger partial charge >= 0.3 is 5.97 Å². The predicted molar refractivity (Wildman–Crippen MR) is 114 cm³/mol. The van der Waals surface area contributed by atoms with Gasteiger partial charge in [0, 0.05) is 24.7 Å². The first-order valence-corrected chi connectivity index (χ1v) is 10.0. The van der Waals surface area contributed by atoms with E-state index in [4.69, 9.17) is 19.5 Å². The van der Waals surface area contributed by atoms with Crippen LogP contribution in [0.4, 0.5) is 0 Å². The summed E-state index contributed by atoms with van der Waals surface area (Å²) >= 11 is 0. The Balaban J connectivity index is 1.72. The lowest BCUT2D eigenvalue weighted by atomic mass is 10.1. The van der Waals surface area contributed by atoms with Gasteiger partial charge in [0.25, 0.3) is 5.91 Å². The zero-order valence-corrected chi connectivity index (χ0v) is 17.3. The van der Waals surface area contributed by atoms with E-state index in [0.29, 0.717) is 35.7 Å². The summed E-state index contributed by atoms with van der Waals surface area (Å²) in [6.45, 7) is 1.26. The molecular weight excluding hydrogens is 396 g/mol. The van der Waals surface area contributed by atoms with Gasteiger partial charge in [0.15, 0.2) is 18.1 Å². The lowest BCUT2D eigenvalue weighted by molar-refractivity contribution is -0.156. The average molecular weight is 420 g/mol. The van der Waals surface area contributed by atoms with Gasteiger partial charge in [-0.3, -0.25) is 4.79 Å². The Morgan fingerprint density at radius 2 is 1.87 bits per heavy atom. The molecule has 1 amide bonds. The fraction of sp³-hybridized carbons (Fsp3) is 0.292. The van der Waals surface area contributed by atoms with Crippen molar-refractivity contribution in [3.05, 3.63) is 65.7 Å². The molecule has 0 radical (unpaired) electrons. The van der Waals surface area contributed by atoms with Crippen molar-refractivity contribution in [2.75, 3.05) is 26.8 Å². The number of benzene rings is 2. The SMILES string of the molecule is COc1cc(/C=C/C(=O)O[C@H](C(=O)N2CCCC2)c2ccccc2)ccc1OCC#N. The quantitative estimate of drug-likeness (QED) is 0.480. The molecule has 1 atom stereocenters. The molecule has 1 saturated heterocycles. The molecule has 1 heterocycles. The minimum Gasteiger partial charge on any atom is -0.493 e. The number of nitriles is 1. The van der Waals surface area contributed by atoms with Crippen molar-refractivity contribution in [2.45, 2.75) is 18.9 Å². The summed E-state index contributed by atoms with van der Waals surface area (Å²) in [7, 11) is 1.49. The molecule has 0 bridgehead atoms. The monoisotopic (exact) mass is 420 g/mol. The maximum Gasteiger partial charge on any atom is 0.331 e. The normalized spacial score (nSPS) is 14.1. The minimum absolute atomic E-state index is 0.0935. The highest BCUT2D eigenvalue weighted by atomic mass is 16.5. The fourth-order valence-corrected chi connectivity index (χ4v) is 3.33. The van der Waals surface area contributed by atoms with E-state index in [2.05, 4.69) is 0 Å². The van der Waals surface area contributed by atoms with Crippen molar-refractivity contribution < 1.29 is 23.8 Å². The van der Waals surface area contributed by atoms with E-state index in [1.807, 2.05) is 24.3 Å². The van der Waals surface area contributed by atoms with Crippen LogP contribution in [0.25, 0.3) is 6.08 Å². The number of hydrogen-bond donors (Lipinski definition) is 0. The molecule has 0 saturated carbocycles. The van der Waals surface area contributed by atoms with Crippen LogP contribution in [0, 0.1) is 11.3 Å². The third-order valence-electron chi connectivity index (χ3n) is 4.87. The van der Waals surface area contributed by atoms with E-state index in [1.165, 1.54) is 13.2 Å². The summed E-state index contributed by atoms with van der Waals surface area (Å²) in [5.41, 5.74) is 1.32. The van der Waals surface area contributed by atoms with E-state index in [-0.39, 0.29) is 12.5 Å². The number of esters is 1. The van der Waals surface area contributed by atoms with Gasteiger partial charge in [0.05, 0.1) is 7.11 Å². The van der Waals surface area contributed by atoms with Crippen molar-refractivity contribution in [3.8, 4) is 17.6 Å². The first kappa shape index (κ1) is 21.9. The highest BCUT2D eigenvalue weighted by Gasteiger charge is 2.30. The van der Waals surface area contributed by atoms with E-state index < -0.39 is 12.1 Å². The van der Waals surface area contributed by atoms with Crippen molar-refractivity contribution in [1.29, 1.82) is 5.26 Å². The Hall–Kier alpha value is -3.79. The molecule has 0 N–H and O–H groups in total. The third kappa shape index (κ3) is 5.86. The molecule has 1 aliphatic rings. The molecule has 0 aliphatic carbocycles. The Kier molecular flexibility index (Phi) is 7.66. The summed E-state index contributed by atoms with van der Waals surface area (Å²) in [4.78, 5) is 27.2. The number of carbonyl (C=O) groups is 2. The Bertz CT molecular complexity index is 975. The van der Waals surface area contributed by atoms with Crippen LogP contribution < -0.4 is 9.47 Å². The maximum atomic E-state index is 12.9. The highest BCUT2D eigenvalue weighted by molar-refractivity contribution is 5.91. The lowest BCUT2D eigenvalue weighted by Gasteiger charge is -2.23. The topological polar surface area (TPSA) is 88.9 Å². The standard InChI is InChI=1S/C24H24N2O5/c1-29-21-17-18(9-11-20(21)30-16-13-25)10-12-22(27)31-23(19-7-3-2-4-8-19)24(28)26-14-5-6-15-26/h2-4,7-12,17,23H,5-6,14-16H2,1H3/b12-10+/t23-/m0/s1. The third-order valence-corrected chi connectivity index (χ3v) is 4.87.